The molecule has 1 aromatic rings. The Labute approximate surface area is 105 Å². The van der Waals surface area contributed by atoms with Gasteiger partial charge in [-0.3, -0.25) is 9.36 Å². The number of ether oxygens (including phenoxy) is 1. The maximum atomic E-state index is 13.7. The van der Waals surface area contributed by atoms with Crippen LogP contribution in [0.4, 0.5) is 14.6 Å². The molecule has 0 bridgehead atoms. The van der Waals surface area contributed by atoms with Crippen LogP contribution in [0.3, 0.4) is 0 Å². The number of halogens is 2. The molecular weight excluding hydrogens is 264 g/mol. The number of alkyl halides is 2. The maximum absolute atomic E-state index is 13.7. The highest BCUT2D eigenvalue weighted by Crippen LogP contribution is 2.41. The first-order valence-corrected chi connectivity index (χ1v) is 5.41. The Morgan fingerprint density at radius 3 is 2.95 bits per heavy atom. The molecule has 1 aliphatic rings. The molecule has 1 saturated heterocycles. The van der Waals surface area contributed by atoms with Crippen molar-refractivity contribution < 1.29 is 23.4 Å². The van der Waals surface area contributed by atoms with Gasteiger partial charge in [0.05, 0.1) is 12.7 Å². The van der Waals surface area contributed by atoms with Gasteiger partial charge in [0.15, 0.2) is 0 Å². The van der Waals surface area contributed by atoms with E-state index in [4.69, 9.17) is 9.84 Å². The van der Waals surface area contributed by atoms with Crippen LogP contribution in [0.25, 0.3) is 0 Å². The summed E-state index contributed by atoms with van der Waals surface area (Å²) >= 11 is 0. The van der Waals surface area contributed by atoms with Gasteiger partial charge in [0.25, 0.3) is 5.92 Å². The predicted octanol–water partition coefficient (Wildman–Crippen LogP) is -0.273. The zero-order chi connectivity index (χ0) is 14.0. The van der Waals surface area contributed by atoms with Crippen LogP contribution in [0.1, 0.15) is 12.6 Å². The molecule has 104 valence electrons. The normalized spacial score (nSPS) is 25.2. The summed E-state index contributed by atoms with van der Waals surface area (Å²) in [6, 6.07) is 1.20. The number of aromatic nitrogens is 2. The molecule has 2 N–H and O–H groups in total. The average molecular weight is 275 g/mol. The molecule has 0 saturated carbocycles. The number of carbonyl (C=O) groups is 1. The van der Waals surface area contributed by atoms with Gasteiger partial charge in [-0.2, -0.15) is 4.98 Å². The van der Waals surface area contributed by atoms with Crippen molar-refractivity contribution in [3.8, 4) is 0 Å². The number of hydrogen-bond acceptors (Lipinski definition) is 5. The van der Waals surface area contributed by atoms with Gasteiger partial charge < -0.3 is 15.2 Å². The molecule has 7 nitrogen and oxygen atoms in total. The summed E-state index contributed by atoms with van der Waals surface area (Å²) in [6.45, 7) is -0.556. The van der Waals surface area contributed by atoms with Crippen molar-refractivity contribution in [2.24, 2.45) is 0 Å². The van der Waals surface area contributed by atoms with Crippen molar-refractivity contribution in [3.63, 3.8) is 0 Å². The fourth-order valence-corrected chi connectivity index (χ4v) is 1.84. The van der Waals surface area contributed by atoms with Gasteiger partial charge in [0.2, 0.25) is 12.6 Å². The van der Waals surface area contributed by atoms with Gasteiger partial charge in [0.1, 0.15) is 5.82 Å². The number of aliphatic hydroxyl groups excluding tert-OH is 1. The SMILES string of the molecule is O=CNc1ccn([C@H]2O[C@@H](CO)CC2(F)F)c(=O)n1. The summed E-state index contributed by atoms with van der Waals surface area (Å²) in [5.41, 5.74) is -0.977. The molecule has 19 heavy (non-hydrogen) atoms. The van der Waals surface area contributed by atoms with Crippen molar-refractivity contribution >= 4 is 12.2 Å². The number of aliphatic hydroxyl groups is 1. The van der Waals surface area contributed by atoms with E-state index in [0.717, 1.165) is 6.20 Å². The minimum Gasteiger partial charge on any atom is -0.394 e. The van der Waals surface area contributed by atoms with Crippen LogP contribution < -0.4 is 11.0 Å². The molecule has 1 amide bonds. The predicted molar refractivity (Wildman–Crippen MR) is 58.7 cm³/mol. The minimum atomic E-state index is -3.28. The first-order chi connectivity index (χ1) is 8.97. The van der Waals surface area contributed by atoms with Gasteiger partial charge in [-0.15, -0.1) is 0 Å². The van der Waals surface area contributed by atoms with E-state index in [1.54, 1.807) is 0 Å². The molecule has 0 unspecified atom stereocenters. The molecule has 0 aliphatic carbocycles. The number of nitrogens with one attached hydrogen (secondary N) is 1. The number of carbonyl (C=O) groups excluding carboxylic acids is 1. The monoisotopic (exact) mass is 275 g/mol. The Morgan fingerprint density at radius 2 is 2.42 bits per heavy atom. The summed E-state index contributed by atoms with van der Waals surface area (Å²) in [5, 5.41) is 11.0. The average Bonchev–Trinajstić information content (AvgIpc) is 2.65. The molecular formula is C10H11F2N3O4. The van der Waals surface area contributed by atoms with Crippen molar-refractivity contribution in [2.45, 2.75) is 24.7 Å². The zero-order valence-electron chi connectivity index (χ0n) is 9.62. The van der Waals surface area contributed by atoms with E-state index in [0.29, 0.717) is 11.0 Å². The summed E-state index contributed by atoms with van der Waals surface area (Å²) in [7, 11) is 0. The summed E-state index contributed by atoms with van der Waals surface area (Å²) in [5.74, 6) is -3.32. The van der Waals surface area contributed by atoms with Gasteiger partial charge in [-0.05, 0) is 6.07 Å². The van der Waals surface area contributed by atoms with Crippen LogP contribution in [0.5, 0.6) is 0 Å². The second-order valence-corrected chi connectivity index (χ2v) is 4.02. The van der Waals surface area contributed by atoms with Gasteiger partial charge in [0, 0.05) is 12.6 Å². The largest absolute Gasteiger partial charge is 0.394 e. The Bertz CT molecular complexity index is 534. The standard InChI is InChI=1S/C10H11F2N3O4/c11-10(12)3-6(4-16)19-8(10)15-2-1-7(13-5-17)14-9(15)18/h1-2,5-6,8,16H,3-4H2,(H,13,14,17,18)/t6-,8+/m1/s1. The Kier molecular flexibility index (Phi) is 3.58. The number of rotatable bonds is 4. The number of anilines is 1. The van der Waals surface area contributed by atoms with Crippen LogP contribution in [-0.4, -0.2) is 39.7 Å². The lowest BCUT2D eigenvalue weighted by Gasteiger charge is -2.19. The zero-order valence-corrected chi connectivity index (χ0v) is 9.62. The lowest BCUT2D eigenvalue weighted by Crippen LogP contribution is -2.35. The third-order valence-electron chi connectivity index (χ3n) is 2.68. The highest BCUT2D eigenvalue weighted by Gasteiger charge is 2.51. The van der Waals surface area contributed by atoms with E-state index in [1.165, 1.54) is 6.07 Å². The van der Waals surface area contributed by atoms with E-state index in [9.17, 15) is 18.4 Å². The lowest BCUT2D eigenvalue weighted by atomic mass is 10.2. The van der Waals surface area contributed by atoms with Gasteiger partial charge in [-0.25, -0.2) is 13.6 Å². The van der Waals surface area contributed by atoms with E-state index in [2.05, 4.69) is 10.3 Å². The van der Waals surface area contributed by atoms with E-state index in [1.807, 2.05) is 0 Å². The van der Waals surface area contributed by atoms with Crippen molar-refractivity contribution in [1.82, 2.24) is 9.55 Å². The molecule has 0 spiro atoms. The minimum absolute atomic E-state index is 0.0451. The van der Waals surface area contributed by atoms with Crippen LogP contribution in [-0.2, 0) is 9.53 Å². The quantitative estimate of drug-likeness (QED) is 0.738. The Balaban J connectivity index is 2.32. The van der Waals surface area contributed by atoms with Crippen molar-refractivity contribution in [2.75, 3.05) is 11.9 Å². The molecule has 9 heteroatoms. The third kappa shape index (κ3) is 2.61. The second kappa shape index (κ2) is 5.02. The van der Waals surface area contributed by atoms with E-state index < -0.39 is 37.0 Å². The fraction of sp³-hybridized carbons (Fsp3) is 0.500. The van der Waals surface area contributed by atoms with Crippen molar-refractivity contribution in [3.05, 3.63) is 22.7 Å². The molecule has 2 rings (SSSR count). The molecule has 1 aliphatic heterocycles. The van der Waals surface area contributed by atoms with Crippen LogP contribution in [0.15, 0.2) is 17.1 Å². The van der Waals surface area contributed by atoms with Crippen LogP contribution in [0, 0.1) is 0 Å². The van der Waals surface area contributed by atoms with E-state index in [-0.39, 0.29) is 5.82 Å². The first kappa shape index (κ1) is 13.6. The summed E-state index contributed by atoms with van der Waals surface area (Å²) in [4.78, 5) is 25.2. The Morgan fingerprint density at radius 1 is 1.68 bits per heavy atom. The highest BCUT2D eigenvalue weighted by atomic mass is 19.3. The summed E-state index contributed by atoms with van der Waals surface area (Å²) in [6.07, 6.45) is -2.14. The smallest absolute Gasteiger partial charge is 0.351 e. The van der Waals surface area contributed by atoms with Crippen LogP contribution >= 0.6 is 0 Å². The molecule has 2 atom stereocenters. The summed E-state index contributed by atoms with van der Waals surface area (Å²) < 4.78 is 32.9. The highest BCUT2D eigenvalue weighted by molar-refractivity contribution is 5.68. The first-order valence-electron chi connectivity index (χ1n) is 5.41. The lowest BCUT2D eigenvalue weighted by molar-refractivity contribution is -0.120. The second-order valence-electron chi connectivity index (χ2n) is 4.02. The van der Waals surface area contributed by atoms with E-state index >= 15 is 0 Å². The molecule has 0 aromatic carbocycles. The maximum Gasteiger partial charge on any atom is 0.351 e. The third-order valence-corrected chi connectivity index (χ3v) is 2.68. The van der Waals surface area contributed by atoms with Gasteiger partial charge in [-0.1, -0.05) is 0 Å². The fourth-order valence-electron chi connectivity index (χ4n) is 1.84. The van der Waals surface area contributed by atoms with Crippen LogP contribution in [0.2, 0.25) is 0 Å². The molecule has 1 fully saturated rings. The van der Waals surface area contributed by atoms with Gasteiger partial charge >= 0.3 is 5.69 Å². The molecule has 0 radical (unpaired) electrons. The number of nitrogens with zero attached hydrogens (tertiary/aromatic N) is 2. The number of amides is 1. The topological polar surface area (TPSA) is 93.5 Å². The number of hydrogen-bond donors (Lipinski definition) is 2. The van der Waals surface area contributed by atoms with Crippen molar-refractivity contribution in [1.29, 1.82) is 0 Å². The molecule has 2 heterocycles. The molecule has 1 aromatic heterocycles. The Hall–Kier alpha value is -1.87.